The van der Waals surface area contributed by atoms with E-state index >= 15 is 0 Å². The number of Topliss-reactive ketones (excluding diaryl/α,β-unsaturated/α-hetero) is 1. The van der Waals surface area contributed by atoms with Crippen LogP contribution < -0.4 is 10.5 Å². The van der Waals surface area contributed by atoms with Crippen LogP contribution in [-0.4, -0.2) is 37.0 Å². The van der Waals surface area contributed by atoms with Crippen molar-refractivity contribution in [3.63, 3.8) is 0 Å². The third-order valence-corrected chi connectivity index (χ3v) is 6.06. The molecule has 0 saturated carbocycles. The first-order chi connectivity index (χ1) is 15.0. The molecule has 6 nitrogen and oxygen atoms in total. The number of allylic oxidation sites excluding steroid dienone is 3. The zero-order valence-corrected chi connectivity index (χ0v) is 18.0. The Balaban J connectivity index is 1.92. The molecule has 0 unspecified atom stereocenters. The van der Waals surface area contributed by atoms with E-state index < -0.39 is 5.92 Å². The van der Waals surface area contributed by atoms with Crippen molar-refractivity contribution in [1.82, 2.24) is 10.0 Å². The first kappa shape index (κ1) is 20.7. The Morgan fingerprint density at radius 1 is 1.10 bits per heavy atom. The fourth-order valence-electron chi connectivity index (χ4n) is 4.75. The second-order valence-corrected chi connectivity index (χ2v) is 8.04. The maximum atomic E-state index is 13.6. The van der Waals surface area contributed by atoms with E-state index in [2.05, 4.69) is 18.2 Å². The third kappa shape index (κ3) is 3.47. The molecule has 2 aromatic carbocycles. The smallest absolute Gasteiger partial charge is 0.162 e. The van der Waals surface area contributed by atoms with E-state index in [0.717, 1.165) is 16.8 Å². The Bertz CT molecular complexity index is 1110. The summed E-state index contributed by atoms with van der Waals surface area (Å²) in [5.41, 5.74) is 10.3. The molecule has 1 heterocycles. The van der Waals surface area contributed by atoms with E-state index in [0.29, 0.717) is 35.6 Å². The third-order valence-electron chi connectivity index (χ3n) is 6.06. The number of ether oxygens (including phenoxy) is 1. The number of rotatable bonds is 4. The van der Waals surface area contributed by atoms with Gasteiger partial charge in [-0.1, -0.05) is 48.5 Å². The van der Waals surface area contributed by atoms with Gasteiger partial charge in [-0.2, -0.15) is 5.26 Å². The van der Waals surface area contributed by atoms with Crippen LogP contribution in [0.2, 0.25) is 0 Å². The van der Waals surface area contributed by atoms with Crippen LogP contribution in [0.15, 0.2) is 77.3 Å². The summed E-state index contributed by atoms with van der Waals surface area (Å²) in [4.78, 5) is 13.6. The number of carbonyl (C=O) groups is 1. The van der Waals surface area contributed by atoms with Gasteiger partial charge in [0.25, 0.3) is 0 Å². The number of nitrogens with zero attached hydrogens (tertiary/aromatic N) is 3. The minimum absolute atomic E-state index is 0.0399. The summed E-state index contributed by atoms with van der Waals surface area (Å²) in [5, 5.41) is 13.7. The quantitative estimate of drug-likeness (QED) is 0.822. The van der Waals surface area contributed by atoms with Crippen LogP contribution in [0.1, 0.15) is 35.8 Å². The second kappa shape index (κ2) is 8.29. The lowest BCUT2D eigenvalue weighted by atomic mass is 9.72. The first-order valence-corrected chi connectivity index (χ1v) is 10.3. The summed E-state index contributed by atoms with van der Waals surface area (Å²) in [6.45, 7) is 0. The molecule has 0 fully saturated rings. The van der Waals surface area contributed by atoms with E-state index in [9.17, 15) is 10.1 Å². The zero-order valence-electron chi connectivity index (χ0n) is 18.0. The van der Waals surface area contributed by atoms with Crippen molar-refractivity contribution >= 4 is 5.78 Å². The van der Waals surface area contributed by atoms with Crippen LogP contribution in [-0.2, 0) is 4.79 Å². The van der Waals surface area contributed by atoms with Gasteiger partial charge >= 0.3 is 0 Å². The molecule has 0 saturated heterocycles. The highest BCUT2D eigenvalue weighted by Crippen LogP contribution is 2.49. The summed E-state index contributed by atoms with van der Waals surface area (Å²) in [6.07, 6.45) is 1.06. The predicted octanol–water partition coefficient (Wildman–Crippen LogP) is 3.67. The number of methoxy groups -OCH3 is 1. The van der Waals surface area contributed by atoms with Gasteiger partial charge in [0, 0.05) is 37.3 Å². The topological polar surface area (TPSA) is 82.6 Å². The van der Waals surface area contributed by atoms with Crippen LogP contribution in [0.4, 0.5) is 0 Å². The van der Waals surface area contributed by atoms with Crippen LogP contribution in [0, 0.1) is 11.3 Å². The Hall–Kier alpha value is -3.56. The van der Waals surface area contributed by atoms with Gasteiger partial charge in [-0.15, -0.1) is 0 Å². The minimum atomic E-state index is -0.545. The van der Waals surface area contributed by atoms with Gasteiger partial charge in [-0.3, -0.25) is 9.80 Å². The Labute approximate surface area is 182 Å². The average Bonchev–Trinajstić information content (AvgIpc) is 2.78. The number of hydrogen-bond donors (Lipinski definition) is 1. The van der Waals surface area contributed by atoms with E-state index in [1.54, 1.807) is 7.11 Å². The van der Waals surface area contributed by atoms with E-state index in [4.69, 9.17) is 10.5 Å². The standard InChI is InChI=1S/C25H26N4O2/c1-28(2)29-20-13-17(16-9-5-4-6-10-16)14-21(30)24(20)23(19(15-26)25(29)27)18-11-7-8-12-22(18)31-3/h4-12,17,23H,13-14,27H2,1-3H3/t17-,23-/m1/s1. The number of benzene rings is 2. The molecule has 0 bridgehead atoms. The second-order valence-electron chi connectivity index (χ2n) is 8.04. The van der Waals surface area contributed by atoms with Crippen molar-refractivity contribution in [3.05, 3.63) is 88.4 Å². The largest absolute Gasteiger partial charge is 0.496 e. The van der Waals surface area contributed by atoms with Gasteiger partial charge in [0.1, 0.15) is 11.6 Å². The highest BCUT2D eigenvalue weighted by molar-refractivity contribution is 6.00. The van der Waals surface area contributed by atoms with Crippen molar-refractivity contribution in [2.45, 2.75) is 24.7 Å². The highest BCUT2D eigenvalue weighted by Gasteiger charge is 2.43. The summed E-state index contributed by atoms with van der Waals surface area (Å²) in [7, 11) is 5.33. The number of para-hydroxylation sites is 1. The lowest BCUT2D eigenvalue weighted by molar-refractivity contribution is -0.117. The fourth-order valence-corrected chi connectivity index (χ4v) is 4.75. The maximum Gasteiger partial charge on any atom is 0.162 e. The Morgan fingerprint density at radius 2 is 1.77 bits per heavy atom. The summed E-state index contributed by atoms with van der Waals surface area (Å²) < 4.78 is 5.58. The molecule has 1 aliphatic heterocycles. The lowest BCUT2D eigenvalue weighted by Gasteiger charge is -2.44. The highest BCUT2D eigenvalue weighted by atomic mass is 16.5. The molecule has 4 rings (SSSR count). The molecular weight excluding hydrogens is 388 g/mol. The molecule has 0 radical (unpaired) electrons. The van der Waals surface area contributed by atoms with Crippen LogP contribution in [0.5, 0.6) is 5.75 Å². The number of hydrogen-bond acceptors (Lipinski definition) is 6. The summed E-state index contributed by atoms with van der Waals surface area (Å²) in [5.74, 6) is 0.541. The Kier molecular flexibility index (Phi) is 5.53. The van der Waals surface area contributed by atoms with Gasteiger partial charge in [0.15, 0.2) is 5.78 Å². The molecule has 2 aliphatic rings. The molecule has 2 N–H and O–H groups in total. The van der Waals surface area contributed by atoms with Gasteiger partial charge in [0.05, 0.1) is 24.7 Å². The summed E-state index contributed by atoms with van der Waals surface area (Å²) >= 11 is 0. The molecule has 6 heteroatoms. The van der Waals surface area contributed by atoms with Crippen LogP contribution >= 0.6 is 0 Å². The van der Waals surface area contributed by atoms with E-state index in [1.165, 1.54) is 0 Å². The van der Waals surface area contributed by atoms with Crippen molar-refractivity contribution in [3.8, 4) is 11.8 Å². The zero-order chi connectivity index (χ0) is 22.1. The van der Waals surface area contributed by atoms with Crippen molar-refractivity contribution < 1.29 is 9.53 Å². The average molecular weight is 415 g/mol. The molecule has 0 spiro atoms. The van der Waals surface area contributed by atoms with Crippen molar-refractivity contribution in [1.29, 1.82) is 5.26 Å². The molecule has 2 aromatic rings. The van der Waals surface area contributed by atoms with Crippen LogP contribution in [0.3, 0.4) is 0 Å². The van der Waals surface area contributed by atoms with Crippen LogP contribution in [0.25, 0.3) is 0 Å². The molecule has 2 atom stereocenters. The van der Waals surface area contributed by atoms with E-state index in [-0.39, 0.29) is 11.7 Å². The normalized spacial score (nSPS) is 21.3. The molecular formula is C25H26N4O2. The minimum Gasteiger partial charge on any atom is -0.496 e. The fraction of sp³-hybridized carbons (Fsp3) is 0.280. The van der Waals surface area contributed by atoms with Gasteiger partial charge in [-0.25, -0.2) is 5.01 Å². The molecule has 1 aliphatic carbocycles. The van der Waals surface area contributed by atoms with E-state index in [1.807, 2.05) is 66.6 Å². The van der Waals surface area contributed by atoms with Crippen molar-refractivity contribution in [2.24, 2.45) is 5.73 Å². The maximum absolute atomic E-state index is 13.6. The SMILES string of the molecule is COc1ccccc1[C@@H]1C(C#N)=C(N)N(N(C)C)C2=C1C(=O)C[C@H](c1ccccc1)C2. The number of ketones is 1. The molecule has 0 aromatic heterocycles. The van der Waals surface area contributed by atoms with Gasteiger partial charge < -0.3 is 10.5 Å². The summed E-state index contributed by atoms with van der Waals surface area (Å²) in [6, 6.07) is 19.9. The number of carbonyl (C=O) groups excluding carboxylic acids is 1. The Morgan fingerprint density at radius 3 is 2.42 bits per heavy atom. The first-order valence-electron chi connectivity index (χ1n) is 10.3. The monoisotopic (exact) mass is 414 g/mol. The number of nitriles is 1. The van der Waals surface area contributed by atoms with Gasteiger partial charge in [-0.05, 0) is 24.0 Å². The molecule has 31 heavy (non-hydrogen) atoms. The lowest BCUT2D eigenvalue weighted by Crippen LogP contribution is -2.46. The van der Waals surface area contributed by atoms with Gasteiger partial charge in [0.2, 0.25) is 0 Å². The molecule has 0 amide bonds. The van der Waals surface area contributed by atoms with Crippen molar-refractivity contribution in [2.75, 3.05) is 21.2 Å². The number of nitrogens with two attached hydrogens (primary N) is 1. The number of hydrazine groups is 1. The molecule has 158 valence electrons. The predicted molar refractivity (Wildman–Crippen MR) is 119 cm³/mol.